The van der Waals surface area contributed by atoms with Crippen molar-refractivity contribution >= 4 is 0 Å². The summed E-state index contributed by atoms with van der Waals surface area (Å²) in [5.74, 6) is 0.901. The SMILES string of the molecule is CC1CCCN(CCC(N)c2ccccc2)CC1. The summed E-state index contributed by atoms with van der Waals surface area (Å²) in [6.45, 7) is 6.02. The molecule has 1 aromatic rings. The molecule has 2 nitrogen and oxygen atoms in total. The minimum atomic E-state index is 0.187. The molecule has 2 N–H and O–H groups in total. The quantitative estimate of drug-likeness (QED) is 0.884. The molecular weight excluding hydrogens is 220 g/mol. The van der Waals surface area contributed by atoms with E-state index in [1.165, 1.54) is 37.9 Å². The van der Waals surface area contributed by atoms with Crippen molar-refractivity contribution in [2.24, 2.45) is 11.7 Å². The summed E-state index contributed by atoms with van der Waals surface area (Å²) in [6, 6.07) is 10.6. The van der Waals surface area contributed by atoms with Gasteiger partial charge in [0.2, 0.25) is 0 Å². The first-order valence-corrected chi connectivity index (χ1v) is 7.28. The Balaban J connectivity index is 1.77. The predicted molar refractivity (Wildman–Crippen MR) is 77.4 cm³/mol. The van der Waals surface area contributed by atoms with Crippen molar-refractivity contribution in [3.8, 4) is 0 Å². The number of nitrogens with zero attached hydrogens (tertiary/aromatic N) is 1. The Bertz CT molecular complexity index is 336. The molecule has 0 radical (unpaired) electrons. The lowest BCUT2D eigenvalue weighted by molar-refractivity contribution is 0.270. The molecular formula is C16H26N2. The number of rotatable bonds is 4. The van der Waals surface area contributed by atoms with E-state index in [0.717, 1.165) is 18.9 Å². The molecule has 1 aromatic carbocycles. The van der Waals surface area contributed by atoms with Crippen LogP contribution in [0.2, 0.25) is 0 Å². The number of likely N-dealkylation sites (tertiary alicyclic amines) is 1. The van der Waals surface area contributed by atoms with Gasteiger partial charge in [0.05, 0.1) is 0 Å². The third-order valence-corrected chi connectivity index (χ3v) is 4.09. The highest BCUT2D eigenvalue weighted by atomic mass is 15.1. The van der Waals surface area contributed by atoms with Crippen LogP contribution in [0.3, 0.4) is 0 Å². The van der Waals surface area contributed by atoms with Crippen LogP contribution < -0.4 is 5.73 Å². The molecule has 1 heterocycles. The molecule has 0 bridgehead atoms. The van der Waals surface area contributed by atoms with Gasteiger partial charge in [0.25, 0.3) is 0 Å². The highest BCUT2D eigenvalue weighted by Gasteiger charge is 2.14. The first-order chi connectivity index (χ1) is 8.75. The molecule has 2 rings (SSSR count). The first-order valence-electron chi connectivity index (χ1n) is 7.28. The van der Waals surface area contributed by atoms with Crippen molar-refractivity contribution in [2.75, 3.05) is 19.6 Å². The van der Waals surface area contributed by atoms with E-state index < -0.39 is 0 Å². The Labute approximate surface area is 111 Å². The van der Waals surface area contributed by atoms with Gasteiger partial charge in [-0.2, -0.15) is 0 Å². The van der Waals surface area contributed by atoms with Crippen molar-refractivity contribution in [3.63, 3.8) is 0 Å². The van der Waals surface area contributed by atoms with E-state index in [1.54, 1.807) is 0 Å². The molecule has 1 aliphatic rings. The van der Waals surface area contributed by atoms with E-state index in [1.807, 2.05) is 6.07 Å². The first kappa shape index (κ1) is 13.6. The van der Waals surface area contributed by atoms with Crippen molar-refractivity contribution in [1.29, 1.82) is 0 Å². The van der Waals surface area contributed by atoms with Gasteiger partial charge in [-0.05, 0) is 56.8 Å². The Morgan fingerprint density at radius 3 is 2.78 bits per heavy atom. The van der Waals surface area contributed by atoms with Gasteiger partial charge in [-0.3, -0.25) is 0 Å². The smallest absolute Gasteiger partial charge is 0.0307 e. The van der Waals surface area contributed by atoms with Gasteiger partial charge in [-0.25, -0.2) is 0 Å². The molecule has 100 valence electrons. The van der Waals surface area contributed by atoms with Crippen molar-refractivity contribution < 1.29 is 0 Å². The monoisotopic (exact) mass is 246 g/mol. The van der Waals surface area contributed by atoms with Crippen LogP contribution in [-0.4, -0.2) is 24.5 Å². The van der Waals surface area contributed by atoms with Gasteiger partial charge in [-0.15, -0.1) is 0 Å². The molecule has 0 amide bonds. The lowest BCUT2D eigenvalue weighted by Crippen LogP contribution is -2.28. The van der Waals surface area contributed by atoms with E-state index in [0.29, 0.717) is 0 Å². The zero-order valence-corrected chi connectivity index (χ0v) is 11.5. The van der Waals surface area contributed by atoms with Crippen LogP contribution in [0, 0.1) is 5.92 Å². The van der Waals surface area contributed by atoms with Crippen LogP contribution in [-0.2, 0) is 0 Å². The van der Waals surface area contributed by atoms with Crippen LogP contribution in [0.1, 0.15) is 44.2 Å². The van der Waals surface area contributed by atoms with Crippen LogP contribution in [0.15, 0.2) is 30.3 Å². The van der Waals surface area contributed by atoms with E-state index in [2.05, 4.69) is 36.1 Å². The van der Waals surface area contributed by atoms with Crippen molar-refractivity contribution in [1.82, 2.24) is 4.90 Å². The summed E-state index contributed by atoms with van der Waals surface area (Å²) in [5.41, 5.74) is 7.52. The topological polar surface area (TPSA) is 29.3 Å². The van der Waals surface area contributed by atoms with Gasteiger partial charge in [0.1, 0.15) is 0 Å². The molecule has 0 aliphatic carbocycles. The summed E-state index contributed by atoms with van der Waals surface area (Å²) in [6.07, 6.45) is 5.15. The standard InChI is InChI=1S/C16H26N2/c1-14-6-5-11-18(12-9-14)13-10-16(17)15-7-3-2-4-8-15/h2-4,7-8,14,16H,5-6,9-13,17H2,1H3. The molecule has 2 atom stereocenters. The molecule has 0 aromatic heterocycles. The second kappa shape index (κ2) is 6.91. The molecule has 2 unspecified atom stereocenters. The second-order valence-electron chi connectivity index (χ2n) is 5.68. The fourth-order valence-electron chi connectivity index (χ4n) is 2.73. The predicted octanol–water partition coefficient (Wildman–Crippen LogP) is 3.20. The van der Waals surface area contributed by atoms with Gasteiger partial charge in [0.15, 0.2) is 0 Å². The highest BCUT2D eigenvalue weighted by Crippen LogP contribution is 2.18. The minimum absolute atomic E-state index is 0.187. The maximum absolute atomic E-state index is 6.25. The van der Waals surface area contributed by atoms with Crippen molar-refractivity contribution in [2.45, 2.75) is 38.6 Å². The van der Waals surface area contributed by atoms with Crippen LogP contribution in [0.4, 0.5) is 0 Å². The number of hydrogen-bond acceptors (Lipinski definition) is 2. The lowest BCUT2D eigenvalue weighted by Gasteiger charge is -2.22. The summed E-state index contributed by atoms with van der Waals surface area (Å²) in [5, 5.41) is 0. The Morgan fingerprint density at radius 2 is 2.00 bits per heavy atom. The molecule has 0 saturated carbocycles. The lowest BCUT2D eigenvalue weighted by atomic mass is 10.0. The maximum Gasteiger partial charge on any atom is 0.0307 e. The molecule has 0 spiro atoms. The van der Waals surface area contributed by atoms with Gasteiger partial charge >= 0.3 is 0 Å². The normalized spacial score (nSPS) is 23.6. The number of hydrogen-bond donors (Lipinski definition) is 1. The zero-order chi connectivity index (χ0) is 12.8. The van der Waals surface area contributed by atoms with Gasteiger partial charge in [0, 0.05) is 6.04 Å². The minimum Gasteiger partial charge on any atom is -0.324 e. The molecule has 2 heteroatoms. The van der Waals surface area contributed by atoms with Crippen LogP contribution in [0.5, 0.6) is 0 Å². The molecule has 1 fully saturated rings. The van der Waals surface area contributed by atoms with Gasteiger partial charge < -0.3 is 10.6 Å². The number of nitrogens with two attached hydrogens (primary N) is 1. The third kappa shape index (κ3) is 4.11. The average molecular weight is 246 g/mol. The average Bonchev–Trinajstić information content (AvgIpc) is 2.62. The van der Waals surface area contributed by atoms with Crippen LogP contribution >= 0.6 is 0 Å². The largest absolute Gasteiger partial charge is 0.324 e. The third-order valence-electron chi connectivity index (χ3n) is 4.09. The van der Waals surface area contributed by atoms with E-state index in [4.69, 9.17) is 5.73 Å². The van der Waals surface area contributed by atoms with Crippen molar-refractivity contribution in [3.05, 3.63) is 35.9 Å². The summed E-state index contributed by atoms with van der Waals surface area (Å²) >= 11 is 0. The molecule has 1 aliphatic heterocycles. The second-order valence-corrected chi connectivity index (χ2v) is 5.68. The highest BCUT2D eigenvalue weighted by molar-refractivity contribution is 5.18. The van der Waals surface area contributed by atoms with E-state index in [-0.39, 0.29) is 6.04 Å². The molecule has 18 heavy (non-hydrogen) atoms. The van der Waals surface area contributed by atoms with Gasteiger partial charge in [-0.1, -0.05) is 37.3 Å². The Kier molecular flexibility index (Phi) is 5.21. The fraction of sp³-hybridized carbons (Fsp3) is 0.625. The Morgan fingerprint density at radius 1 is 1.22 bits per heavy atom. The summed E-state index contributed by atoms with van der Waals surface area (Å²) < 4.78 is 0. The summed E-state index contributed by atoms with van der Waals surface area (Å²) in [7, 11) is 0. The summed E-state index contributed by atoms with van der Waals surface area (Å²) in [4.78, 5) is 2.59. The van der Waals surface area contributed by atoms with E-state index in [9.17, 15) is 0 Å². The maximum atomic E-state index is 6.25. The van der Waals surface area contributed by atoms with E-state index >= 15 is 0 Å². The number of benzene rings is 1. The fourth-order valence-corrected chi connectivity index (χ4v) is 2.73. The Hall–Kier alpha value is -0.860. The molecule has 1 saturated heterocycles. The zero-order valence-electron chi connectivity index (χ0n) is 11.5. The van der Waals surface area contributed by atoms with Crippen LogP contribution in [0.25, 0.3) is 0 Å².